The molecule has 0 spiro atoms. The Kier molecular flexibility index (Phi) is 12.1. The van der Waals surface area contributed by atoms with Gasteiger partial charge in [0.1, 0.15) is 0 Å². The molecule has 0 aliphatic heterocycles. The number of hydrogen-bond donors (Lipinski definition) is 0. The van der Waals surface area contributed by atoms with E-state index >= 15 is 0 Å². The average Bonchev–Trinajstić information content (AvgIpc) is 3.25. The summed E-state index contributed by atoms with van der Waals surface area (Å²) in [6.45, 7) is 7.92. The highest BCUT2D eigenvalue weighted by molar-refractivity contribution is 5.76. The molecule has 0 fully saturated rings. The second-order valence-electron chi connectivity index (χ2n) is 12.5. The lowest BCUT2D eigenvalue weighted by molar-refractivity contribution is 1.21. The Bertz CT molecular complexity index is 2160. The summed E-state index contributed by atoms with van der Waals surface area (Å²) in [6.07, 6.45) is 5.62. The van der Waals surface area contributed by atoms with E-state index in [1.807, 2.05) is 72.8 Å². The Hall–Kier alpha value is -6.84. The minimum Gasteiger partial charge on any atom is -0.345 e. The topological polar surface area (TPSA) is 9.72 Å². The molecule has 0 aliphatic carbocycles. The minimum atomic E-state index is 0.962. The normalized spacial score (nSPS) is 10.7. The van der Waals surface area contributed by atoms with Crippen LogP contribution in [-0.2, 0) is 0 Å². The molecule has 3 heteroatoms. The third-order valence-electron chi connectivity index (χ3n) is 9.14. The smallest absolute Gasteiger partial charge is 0.0462 e. The second kappa shape index (κ2) is 17.9. The van der Waals surface area contributed by atoms with Crippen molar-refractivity contribution in [2.45, 2.75) is 0 Å². The van der Waals surface area contributed by atoms with Crippen LogP contribution in [0.2, 0.25) is 0 Å². The van der Waals surface area contributed by atoms with Crippen molar-refractivity contribution >= 4 is 34.1 Å². The summed E-state index contributed by atoms with van der Waals surface area (Å²) in [5.41, 5.74) is 12.4. The summed E-state index contributed by atoms with van der Waals surface area (Å²) < 4.78 is 0. The number of para-hydroxylation sites is 2. The number of hydrogen-bond acceptors (Lipinski definition) is 3. The predicted molar refractivity (Wildman–Crippen MR) is 230 cm³/mol. The molecule has 0 saturated heterocycles. The molecule has 0 N–H and O–H groups in total. The van der Waals surface area contributed by atoms with Crippen molar-refractivity contribution < 1.29 is 0 Å². The highest BCUT2D eigenvalue weighted by Crippen LogP contribution is 2.34. The zero-order valence-electron chi connectivity index (χ0n) is 30.5. The van der Waals surface area contributed by atoms with Gasteiger partial charge in [-0.25, -0.2) is 0 Å². The first-order valence-corrected chi connectivity index (χ1v) is 17.8. The summed E-state index contributed by atoms with van der Waals surface area (Å²) >= 11 is 0. The van der Waals surface area contributed by atoms with Gasteiger partial charge in [-0.15, -0.1) is 0 Å². The summed E-state index contributed by atoms with van der Waals surface area (Å²) in [5, 5.41) is 0. The van der Waals surface area contributed by atoms with Crippen LogP contribution in [0.15, 0.2) is 231 Å². The third-order valence-corrected chi connectivity index (χ3v) is 9.14. The van der Waals surface area contributed by atoms with E-state index in [2.05, 4.69) is 175 Å². The van der Waals surface area contributed by atoms with Crippen LogP contribution in [0.5, 0.6) is 0 Å². The highest BCUT2D eigenvalue weighted by atomic mass is 15.1. The van der Waals surface area contributed by atoms with E-state index in [1.165, 1.54) is 22.4 Å². The third kappa shape index (κ3) is 9.10. The molecule has 7 rings (SSSR count). The molecule has 0 atom stereocenters. The van der Waals surface area contributed by atoms with E-state index < -0.39 is 0 Å². The van der Waals surface area contributed by atoms with Gasteiger partial charge < -0.3 is 14.7 Å². The van der Waals surface area contributed by atoms with Crippen molar-refractivity contribution in [1.29, 1.82) is 0 Å². The summed E-state index contributed by atoms with van der Waals surface area (Å²) in [5.74, 6) is 0. The van der Waals surface area contributed by atoms with Crippen molar-refractivity contribution in [2.75, 3.05) is 28.8 Å². The number of allylic oxidation sites excluding steroid dienone is 3. The number of rotatable bonds is 11. The molecule has 7 aromatic carbocycles. The van der Waals surface area contributed by atoms with Crippen molar-refractivity contribution in [1.82, 2.24) is 0 Å². The van der Waals surface area contributed by atoms with Crippen molar-refractivity contribution in [3.63, 3.8) is 0 Å². The molecule has 0 aromatic heterocycles. The number of benzene rings is 7. The lowest BCUT2D eigenvalue weighted by Gasteiger charge is -2.26. The number of nitrogens with zero attached hydrogens (tertiary/aromatic N) is 3. The van der Waals surface area contributed by atoms with Gasteiger partial charge in [-0.3, -0.25) is 0 Å². The van der Waals surface area contributed by atoms with Gasteiger partial charge in [0.05, 0.1) is 0 Å². The van der Waals surface area contributed by atoms with Gasteiger partial charge in [0.15, 0.2) is 0 Å². The first kappa shape index (κ1) is 36.0. The Balaban J connectivity index is 0.000000729. The molecule has 0 heterocycles. The molecular weight excluding hydrogens is 643 g/mol. The molecule has 0 radical (unpaired) electrons. The van der Waals surface area contributed by atoms with Gasteiger partial charge in [0.2, 0.25) is 0 Å². The molecule has 0 aliphatic rings. The van der Waals surface area contributed by atoms with Crippen LogP contribution in [0.25, 0.3) is 22.3 Å². The van der Waals surface area contributed by atoms with E-state index in [0.29, 0.717) is 0 Å². The Morgan fingerprint density at radius 3 is 0.943 bits per heavy atom. The molecule has 53 heavy (non-hydrogen) atoms. The van der Waals surface area contributed by atoms with Crippen LogP contribution < -0.4 is 14.7 Å². The van der Waals surface area contributed by atoms with E-state index in [9.17, 15) is 0 Å². The minimum absolute atomic E-state index is 0.962. The molecule has 3 nitrogen and oxygen atoms in total. The highest BCUT2D eigenvalue weighted by Gasteiger charge is 2.13. The molecule has 0 saturated carbocycles. The van der Waals surface area contributed by atoms with Gasteiger partial charge in [0.25, 0.3) is 0 Å². The largest absolute Gasteiger partial charge is 0.345 e. The first-order chi connectivity index (χ1) is 26.1. The lowest BCUT2D eigenvalue weighted by Crippen LogP contribution is -2.14. The van der Waals surface area contributed by atoms with Crippen LogP contribution >= 0.6 is 0 Å². The molecule has 260 valence electrons. The predicted octanol–water partition coefficient (Wildman–Crippen LogP) is 13.6. The van der Waals surface area contributed by atoms with Crippen LogP contribution in [-0.4, -0.2) is 14.1 Å². The molecule has 0 amide bonds. The fourth-order valence-electron chi connectivity index (χ4n) is 6.15. The summed E-state index contributed by atoms with van der Waals surface area (Å²) in [4.78, 5) is 6.60. The summed E-state index contributed by atoms with van der Waals surface area (Å²) in [7, 11) is 4.21. The van der Waals surface area contributed by atoms with Crippen LogP contribution in [0.3, 0.4) is 0 Å². The van der Waals surface area contributed by atoms with Gasteiger partial charge in [-0.1, -0.05) is 141 Å². The Labute approximate surface area is 315 Å². The summed E-state index contributed by atoms with van der Waals surface area (Å²) in [6, 6.07) is 67.6. The number of anilines is 6. The zero-order valence-corrected chi connectivity index (χ0v) is 30.5. The monoisotopic (exact) mass is 687 g/mol. The van der Waals surface area contributed by atoms with Gasteiger partial charge >= 0.3 is 0 Å². The zero-order chi connectivity index (χ0) is 36.8. The van der Waals surface area contributed by atoms with Gasteiger partial charge in [-0.2, -0.15) is 0 Å². The maximum atomic E-state index is 4.03. The van der Waals surface area contributed by atoms with Crippen LogP contribution in [0.4, 0.5) is 34.1 Å². The Morgan fingerprint density at radius 1 is 0.358 bits per heavy atom. The van der Waals surface area contributed by atoms with Crippen LogP contribution in [0.1, 0.15) is 0 Å². The van der Waals surface area contributed by atoms with Crippen LogP contribution in [0, 0.1) is 0 Å². The standard InChI is InChI=1S/C44H39N3.C6H6/c1-5-13-38(6-2)47(43-16-11-8-12-17-43)44-32-24-37(25-33-44)36-22-30-42(31-23-36)46(4)41-28-20-35(21-29-41)34-18-26-40(27-19-34)45(3)39-14-9-7-10-15-39;1-2-4-6-5-3-1/h5-33H,1-2H2,3-4H3;1-6H/b38-13+;. The maximum Gasteiger partial charge on any atom is 0.0462 e. The van der Waals surface area contributed by atoms with Gasteiger partial charge in [0, 0.05) is 53.9 Å². The fourth-order valence-corrected chi connectivity index (χ4v) is 6.15. The second-order valence-corrected chi connectivity index (χ2v) is 12.5. The molecule has 7 aromatic rings. The van der Waals surface area contributed by atoms with Crippen molar-refractivity contribution in [2.24, 2.45) is 0 Å². The van der Waals surface area contributed by atoms with E-state index in [4.69, 9.17) is 0 Å². The Morgan fingerprint density at radius 2 is 0.623 bits per heavy atom. The maximum absolute atomic E-state index is 4.03. The van der Waals surface area contributed by atoms with Crippen molar-refractivity contribution in [3.8, 4) is 22.3 Å². The van der Waals surface area contributed by atoms with E-state index in [0.717, 1.165) is 39.7 Å². The molecular formula is C50H45N3. The van der Waals surface area contributed by atoms with E-state index in [-0.39, 0.29) is 0 Å². The first-order valence-electron chi connectivity index (χ1n) is 17.8. The quantitative estimate of drug-likeness (QED) is 0.125. The fraction of sp³-hybridized carbons (Fsp3) is 0.0400. The molecule has 0 unspecified atom stereocenters. The SMILES string of the molecule is C=C/C=C(\C=C)N(c1ccccc1)c1ccc(-c2ccc(N(C)c3ccc(-c4ccc(N(C)c5ccccc5)cc4)cc3)cc2)cc1.c1ccccc1. The van der Waals surface area contributed by atoms with E-state index in [1.54, 1.807) is 6.08 Å². The lowest BCUT2D eigenvalue weighted by atomic mass is 10.0. The average molecular weight is 688 g/mol. The van der Waals surface area contributed by atoms with Gasteiger partial charge in [-0.05, 0) is 107 Å². The van der Waals surface area contributed by atoms with Crippen molar-refractivity contribution in [3.05, 3.63) is 231 Å². The molecule has 0 bridgehead atoms.